The normalized spacial score (nSPS) is 18.4. The van der Waals surface area contributed by atoms with Gasteiger partial charge in [0.1, 0.15) is 0 Å². The van der Waals surface area contributed by atoms with Gasteiger partial charge in [-0.1, -0.05) is 13.3 Å². The van der Waals surface area contributed by atoms with Crippen LogP contribution in [-0.2, 0) is 4.74 Å². The third kappa shape index (κ3) is 5.61. The van der Waals surface area contributed by atoms with Crippen LogP contribution in [0.2, 0.25) is 0 Å². The van der Waals surface area contributed by atoms with Crippen molar-refractivity contribution in [3.05, 3.63) is 0 Å². The van der Waals surface area contributed by atoms with Crippen molar-refractivity contribution in [3.8, 4) is 0 Å². The van der Waals surface area contributed by atoms with E-state index in [2.05, 4.69) is 12.2 Å². The number of hydrogen-bond acceptors (Lipinski definition) is 2. The summed E-state index contributed by atoms with van der Waals surface area (Å²) in [5.74, 6) is 1.00. The van der Waals surface area contributed by atoms with Gasteiger partial charge in [-0.15, -0.1) is 0 Å². The second kappa shape index (κ2) is 7.24. The molecule has 1 rings (SSSR count). The topological polar surface area (TPSA) is 21.3 Å². The van der Waals surface area contributed by atoms with Gasteiger partial charge in [-0.2, -0.15) is 0 Å². The lowest BCUT2D eigenvalue weighted by Gasteiger charge is -2.14. The van der Waals surface area contributed by atoms with E-state index in [4.69, 9.17) is 4.74 Å². The number of ether oxygens (including phenoxy) is 1. The van der Waals surface area contributed by atoms with Crippen molar-refractivity contribution in [2.24, 2.45) is 5.92 Å². The molecule has 0 aliphatic heterocycles. The van der Waals surface area contributed by atoms with E-state index in [0.29, 0.717) is 6.10 Å². The van der Waals surface area contributed by atoms with Gasteiger partial charge in [-0.3, -0.25) is 0 Å². The third-order valence-electron chi connectivity index (χ3n) is 2.95. The molecule has 0 spiro atoms. The molecular weight excluding hydrogens is 174 g/mol. The first-order valence-electron chi connectivity index (χ1n) is 6.10. The van der Waals surface area contributed by atoms with Crippen LogP contribution < -0.4 is 5.32 Å². The Morgan fingerprint density at radius 2 is 2.14 bits per heavy atom. The maximum absolute atomic E-state index is 5.40. The highest BCUT2D eigenvalue weighted by Crippen LogP contribution is 2.27. The summed E-state index contributed by atoms with van der Waals surface area (Å²) in [6.07, 6.45) is 8.29. The first kappa shape index (κ1) is 12.0. The summed E-state index contributed by atoms with van der Waals surface area (Å²) in [5.41, 5.74) is 0. The summed E-state index contributed by atoms with van der Waals surface area (Å²) in [6, 6.07) is 0. The number of methoxy groups -OCH3 is 1. The Morgan fingerprint density at radius 3 is 2.71 bits per heavy atom. The Bertz CT molecular complexity index is 134. The van der Waals surface area contributed by atoms with E-state index >= 15 is 0 Å². The van der Waals surface area contributed by atoms with E-state index in [-0.39, 0.29) is 0 Å². The van der Waals surface area contributed by atoms with Crippen molar-refractivity contribution in [1.29, 1.82) is 0 Å². The largest absolute Gasteiger partial charge is 0.381 e. The minimum atomic E-state index is 0.489. The van der Waals surface area contributed by atoms with Gasteiger partial charge in [-0.25, -0.2) is 0 Å². The molecule has 0 heterocycles. The lowest BCUT2D eigenvalue weighted by atomic mass is 10.1. The lowest BCUT2D eigenvalue weighted by Crippen LogP contribution is -2.20. The molecule has 0 radical (unpaired) electrons. The average Bonchev–Trinajstić information content (AvgIpc) is 2.99. The van der Waals surface area contributed by atoms with Gasteiger partial charge in [0, 0.05) is 7.11 Å². The van der Waals surface area contributed by atoms with E-state index in [1.165, 1.54) is 51.6 Å². The summed E-state index contributed by atoms with van der Waals surface area (Å²) >= 11 is 0. The zero-order valence-electron chi connectivity index (χ0n) is 9.72. The number of hydrogen-bond donors (Lipinski definition) is 1. The molecule has 0 aromatic carbocycles. The second-order valence-corrected chi connectivity index (χ2v) is 4.44. The fourth-order valence-electron chi connectivity index (χ4n) is 1.78. The van der Waals surface area contributed by atoms with Crippen LogP contribution in [-0.4, -0.2) is 26.3 Å². The summed E-state index contributed by atoms with van der Waals surface area (Å²) < 4.78 is 5.40. The molecule has 84 valence electrons. The van der Waals surface area contributed by atoms with Gasteiger partial charge in [0.25, 0.3) is 0 Å². The van der Waals surface area contributed by atoms with Crippen molar-refractivity contribution in [3.63, 3.8) is 0 Å². The molecule has 0 saturated heterocycles. The van der Waals surface area contributed by atoms with Crippen LogP contribution in [0, 0.1) is 5.92 Å². The fourth-order valence-corrected chi connectivity index (χ4v) is 1.78. The minimum absolute atomic E-state index is 0.489. The summed E-state index contributed by atoms with van der Waals surface area (Å²) in [5, 5.41) is 3.51. The van der Waals surface area contributed by atoms with Gasteiger partial charge in [-0.05, 0) is 51.1 Å². The standard InChI is InChI=1S/C12H25NO/c1-3-5-12(14-2)6-4-9-13-10-11-7-8-11/h11-13H,3-10H2,1-2H3. The Morgan fingerprint density at radius 1 is 1.36 bits per heavy atom. The molecule has 1 aliphatic carbocycles. The molecule has 2 heteroatoms. The Balaban J connectivity index is 1.84. The fraction of sp³-hybridized carbons (Fsp3) is 1.00. The highest BCUT2D eigenvalue weighted by Gasteiger charge is 2.19. The minimum Gasteiger partial charge on any atom is -0.381 e. The summed E-state index contributed by atoms with van der Waals surface area (Å²) in [4.78, 5) is 0. The molecule has 0 aromatic rings. The SMILES string of the molecule is CCCC(CCCNCC1CC1)OC. The second-order valence-electron chi connectivity index (χ2n) is 4.44. The smallest absolute Gasteiger partial charge is 0.0571 e. The van der Waals surface area contributed by atoms with Crippen LogP contribution in [0.5, 0.6) is 0 Å². The Hall–Kier alpha value is -0.0800. The lowest BCUT2D eigenvalue weighted by molar-refractivity contribution is 0.0856. The summed E-state index contributed by atoms with van der Waals surface area (Å²) in [6.45, 7) is 4.63. The molecule has 1 unspecified atom stereocenters. The maximum Gasteiger partial charge on any atom is 0.0571 e. The van der Waals surface area contributed by atoms with Crippen molar-refractivity contribution < 1.29 is 4.74 Å². The summed E-state index contributed by atoms with van der Waals surface area (Å²) in [7, 11) is 1.83. The van der Waals surface area contributed by atoms with Crippen LogP contribution in [0.25, 0.3) is 0 Å². The van der Waals surface area contributed by atoms with E-state index in [9.17, 15) is 0 Å². The van der Waals surface area contributed by atoms with Gasteiger partial charge in [0.2, 0.25) is 0 Å². The molecule has 0 bridgehead atoms. The Labute approximate surface area is 88.4 Å². The third-order valence-corrected chi connectivity index (χ3v) is 2.95. The van der Waals surface area contributed by atoms with E-state index in [1.54, 1.807) is 0 Å². The molecule has 14 heavy (non-hydrogen) atoms. The van der Waals surface area contributed by atoms with Crippen LogP contribution in [0.15, 0.2) is 0 Å². The average molecular weight is 199 g/mol. The number of nitrogens with one attached hydrogen (secondary N) is 1. The highest BCUT2D eigenvalue weighted by atomic mass is 16.5. The van der Waals surface area contributed by atoms with Crippen molar-refractivity contribution in [1.82, 2.24) is 5.32 Å². The molecule has 1 atom stereocenters. The molecule has 1 fully saturated rings. The van der Waals surface area contributed by atoms with E-state index in [1.807, 2.05) is 7.11 Å². The first-order valence-corrected chi connectivity index (χ1v) is 6.10. The van der Waals surface area contributed by atoms with Gasteiger partial charge < -0.3 is 10.1 Å². The van der Waals surface area contributed by atoms with Gasteiger partial charge in [0.05, 0.1) is 6.10 Å². The molecule has 1 saturated carbocycles. The first-order chi connectivity index (χ1) is 6.86. The zero-order chi connectivity index (χ0) is 10.2. The maximum atomic E-state index is 5.40. The van der Waals surface area contributed by atoms with E-state index in [0.717, 1.165) is 5.92 Å². The Kier molecular flexibility index (Phi) is 6.20. The quantitative estimate of drug-likeness (QED) is 0.576. The molecular formula is C12H25NO. The van der Waals surface area contributed by atoms with Crippen LogP contribution in [0.1, 0.15) is 45.4 Å². The predicted octanol–water partition coefficient (Wildman–Crippen LogP) is 2.58. The van der Waals surface area contributed by atoms with Crippen LogP contribution in [0.4, 0.5) is 0 Å². The van der Waals surface area contributed by atoms with Gasteiger partial charge in [0.15, 0.2) is 0 Å². The van der Waals surface area contributed by atoms with Crippen molar-refractivity contribution in [2.75, 3.05) is 20.2 Å². The van der Waals surface area contributed by atoms with Crippen LogP contribution >= 0.6 is 0 Å². The molecule has 0 aromatic heterocycles. The van der Waals surface area contributed by atoms with Gasteiger partial charge >= 0.3 is 0 Å². The van der Waals surface area contributed by atoms with Crippen molar-refractivity contribution in [2.45, 2.75) is 51.6 Å². The molecule has 0 amide bonds. The highest BCUT2D eigenvalue weighted by molar-refractivity contribution is 4.75. The number of rotatable bonds is 9. The van der Waals surface area contributed by atoms with Crippen molar-refractivity contribution >= 4 is 0 Å². The zero-order valence-corrected chi connectivity index (χ0v) is 9.72. The van der Waals surface area contributed by atoms with Crippen LogP contribution in [0.3, 0.4) is 0 Å². The molecule has 2 nitrogen and oxygen atoms in total. The molecule has 1 aliphatic rings. The monoisotopic (exact) mass is 199 g/mol. The van der Waals surface area contributed by atoms with E-state index < -0.39 is 0 Å². The predicted molar refractivity (Wildman–Crippen MR) is 60.5 cm³/mol. The molecule has 1 N–H and O–H groups in total.